The molecule has 0 atom stereocenters. The summed E-state index contributed by atoms with van der Waals surface area (Å²) < 4.78 is 16.1. The van der Waals surface area contributed by atoms with Gasteiger partial charge in [-0.05, 0) is 55.7 Å². The van der Waals surface area contributed by atoms with Crippen LogP contribution in [0.25, 0.3) is 0 Å². The van der Waals surface area contributed by atoms with Crippen LogP contribution in [0.15, 0.2) is 42.5 Å². The minimum absolute atomic E-state index is 0.114. The maximum absolute atomic E-state index is 12.2. The molecule has 0 unspecified atom stereocenters. The van der Waals surface area contributed by atoms with Gasteiger partial charge >= 0.3 is 0 Å². The van der Waals surface area contributed by atoms with Crippen molar-refractivity contribution in [1.82, 2.24) is 0 Å². The Bertz CT molecular complexity index is 755. The summed E-state index contributed by atoms with van der Waals surface area (Å²) in [6, 6.07) is 13.2. The van der Waals surface area contributed by atoms with E-state index in [1.807, 2.05) is 24.3 Å². The fraction of sp³-hybridized carbons (Fsp3) is 0.381. The van der Waals surface area contributed by atoms with Gasteiger partial charge in [-0.3, -0.25) is 4.79 Å². The second-order valence-electron chi connectivity index (χ2n) is 6.42. The normalized spacial score (nSPS) is 13.8. The number of piperidine rings is 1. The Morgan fingerprint density at radius 1 is 0.963 bits per heavy atom. The number of anilines is 2. The Morgan fingerprint density at radius 2 is 1.67 bits per heavy atom. The molecular formula is C21H26N2O4. The van der Waals surface area contributed by atoms with E-state index in [1.54, 1.807) is 25.3 Å². The molecule has 2 aromatic carbocycles. The first-order chi connectivity index (χ1) is 13.2. The highest BCUT2D eigenvalue weighted by molar-refractivity contribution is 5.92. The second kappa shape index (κ2) is 9.16. The van der Waals surface area contributed by atoms with Crippen LogP contribution in [0, 0.1) is 0 Å². The van der Waals surface area contributed by atoms with Crippen LogP contribution in [-0.2, 0) is 4.79 Å². The number of hydrogen-bond donors (Lipinski definition) is 1. The predicted octanol–water partition coefficient (Wildman–Crippen LogP) is 3.71. The molecule has 2 aromatic rings. The van der Waals surface area contributed by atoms with Crippen LogP contribution in [0.2, 0.25) is 0 Å². The fourth-order valence-corrected chi connectivity index (χ4v) is 3.22. The maximum atomic E-state index is 12.2. The molecule has 0 saturated carbocycles. The van der Waals surface area contributed by atoms with Crippen LogP contribution in [-0.4, -0.2) is 39.8 Å². The number of carbonyl (C=O) groups is 1. The molecule has 0 bridgehead atoms. The molecule has 0 spiro atoms. The zero-order valence-electron chi connectivity index (χ0n) is 15.9. The van der Waals surface area contributed by atoms with Crippen LogP contribution in [0.1, 0.15) is 19.3 Å². The van der Waals surface area contributed by atoms with Crippen LogP contribution in [0.4, 0.5) is 11.4 Å². The summed E-state index contributed by atoms with van der Waals surface area (Å²) in [4.78, 5) is 14.6. The SMILES string of the molecule is COc1cccc(OCC(=O)Nc2ccc(N3CCCCC3)cc2)c1OC. The molecule has 144 valence electrons. The summed E-state index contributed by atoms with van der Waals surface area (Å²) in [5, 5.41) is 2.85. The summed E-state index contributed by atoms with van der Waals surface area (Å²) in [6.07, 6.45) is 3.79. The minimum atomic E-state index is -0.231. The number of amides is 1. The molecule has 3 rings (SSSR count). The van der Waals surface area contributed by atoms with Gasteiger partial charge in [0.2, 0.25) is 5.75 Å². The van der Waals surface area contributed by atoms with Crippen molar-refractivity contribution in [2.24, 2.45) is 0 Å². The lowest BCUT2D eigenvalue weighted by Gasteiger charge is -2.28. The molecule has 1 N–H and O–H groups in total. The Balaban J connectivity index is 1.55. The number of benzene rings is 2. The third-order valence-electron chi connectivity index (χ3n) is 4.60. The molecule has 0 radical (unpaired) electrons. The summed E-state index contributed by atoms with van der Waals surface area (Å²) in [7, 11) is 3.09. The van der Waals surface area contributed by atoms with Crippen molar-refractivity contribution < 1.29 is 19.0 Å². The van der Waals surface area contributed by atoms with Gasteiger partial charge in [0, 0.05) is 24.5 Å². The van der Waals surface area contributed by atoms with Crippen LogP contribution in [0.3, 0.4) is 0 Å². The Morgan fingerprint density at radius 3 is 2.33 bits per heavy atom. The quantitative estimate of drug-likeness (QED) is 0.805. The molecule has 1 aliphatic heterocycles. The fourth-order valence-electron chi connectivity index (χ4n) is 3.22. The molecule has 1 saturated heterocycles. The third-order valence-corrected chi connectivity index (χ3v) is 4.60. The molecule has 1 amide bonds. The molecule has 0 aliphatic carbocycles. The number of nitrogens with zero attached hydrogens (tertiary/aromatic N) is 1. The predicted molar refractivity (Wildman–Crippen MR) is 106 cm³/mol. The zero-order valence-corrected chi connectivity index (χ0v) is 15.9. The van der Waals surface area contributed by atoms with Crippen molar-refractivity contribution in [2.75, 3.05) is 44.1 Å². The van der Waals surface area contributed by atoms with E-state index >= 15 is 0 Å². The standard InChI is InChI=1S/C21H26N2O4/c1-25-18-7-6-8-19(21(18)26-2)27-15-20(24)22-16-9-11-17(12-10-16)23-13-4-3-5-14-23/h6-12H,3-5,13-15H2,1-2H3,(H,22,24). The van der Waals surface area contributed by atoms with Gasteiger partial charge in [-0.2, -0.15) is 0 Å². The summed E-state index contributed by atoms with van der Waals surface area (Å²) in [5.74, 6) is 1.26. The van der Waals surface area contributed by atoms with Gasteiger partial charge in [-0.1, -0.05) is 6.07 Å². The van der Waals surface area contributed by atoms with Gasteiger partial charge in [-0.25, -0.2) is 0 Å². The zero-order chi connectivity index (χ0) is 19.1. The summed E-state index contributed by atoms with van der Waals surface area (Å²) in [6.45, 7) is 2.08. The van der Waals surface area contributed by atoms with Crippen LogP contribution in [0.5, 0.6) is 17.2 Å². The highest BCUT2D eigenvalue weighted by Crippen LogP contribution is 2.36. The number of ether oxygens (including phenoxy) is 3. The first kappa shape index (κ1) is 18.9. The van der Waals surface area contributed by atoms with E-state index in [2.05, 4.69) is 10.2 Å². The lowest BCUT2D eigenvalue weighted by molar-refractivity contribution is -0.118. The molecule has 1 heterocycles. The monoisotopic (exact) mass is 370 g/mol. The van der Waals surface area contributed by atoms with Gasteiger partial charge in [0.15, 0.2) is 18.1 Å². The molecule has 0 aromatic heterocycles. The number of nitrogens with one attached hydrogen (secondary N) is 1. The van der Waals surface area contributed by atoms with E-state index in [1.165, 1.54) is 32.1 Å². The average Bonchev–Trinajstić information content (AvgIpc) is 2.73. The van der Waals surface area contributed by atoms with E-state index < -0.39 is 0 Å². The van der Waals surface area contributed by atoms with Gasteiger partial charge in [0.1, 0.15) is 0 Å². The minimum Gasteiger partial charge on any atom is -0.493 e. The molecular weight excluding hydrogens is 344 g/mol. The van der Waals surface area contributed by atoms with Crippen molar-refractivity contribution >= 4 is 17.3 Å². The van der Waals surface area contributed by atoms with E-state index in [4.69, 9.17) is 14.2 Å². The highest BCUT2D eigenvalue weighted by Gasteiger charge is 2.13. The molecule has 27 heavy (non-hydrogen) atoms. The van der Waals surface area contributed by atoms with Gasteiger partial charge in [0.25, 0.3) is 5.91 Å². The Labute approximate surface area is 160 Å². The van der Waals surface area contributed by atoms with Gasteiger partial charge in [0.05, 0.1) is 14.2 Å². The van der Waals surface area contributed by atoms with E-state index in [-0.39, 0.29) is 12.5 Å². The molecule has 1 aliphatic rings. The average molecular weight is 370 g/mol. The van der Waals surface area contributed by atoms with E-state index in [0.717, 1.165) is 18.8 Å². The van der Waals surface area contributed by atoms with Crippen LogP contribution < -0.4 is 24.4 Å². The molecule has 1 fully saturated rings. The van der Waals surface area contributed by atoms with Crippen molar-refractivity contribution in [3.05, 3.63) is 42.5 Å². The highest BCUT2D eigenvalue weighted by atomic mass is 16.5. The largest absolute Gasteiger partial charge is 0.493 e. The third kappa shape index (κ3) is 4.84. The summed E-state index contributed by atoms with van der Waals surface area (Å²) >= 11 is 0. The Kier molecular flexibility index (Phi) is 6.41. The number of para-hydroxylation sites is 1. The lowest BCUT2D eigenvalue weighted by Crippen LogP contribution is -2.29. The van der Waals surface area contributed by atoms with Crippen LogP contribution >= 0.6 is 0 Å². The first-order valence-corrected chi connectivity index (χ1v) is 9.20. The second-order valence-corrected chi connectivity index (χ2v) is 6.42. The van der Waals surface area contributed by atoms with Gasteiger partial charge < -0.3 is 24.4 Å². The number of carbonyl (C=O) groups excluding carboxylic acids is 1. The summed E-state index contributed by atoms with van der Waals surface area (Å²) in [5.41, 5.74) is 1.95. The van der Waals surface area contributed by atoms with Crippen molar-refractivity contribution in [3.8, 4) is 17.2 Å². The number of methoxy groups -OCH3 is 2. The maximum Gasteiger partial charge on any atom is 0.262 e. The first-order valence-electron chi connectivity index (χ1n) is 9.20. The lowest BCUT2D eigenvalue weighted by atomic mass is 10.1. The number of rotatable bonds is 7. The smallest absolute Gasteiger partial charge is 0.262 e. The molecule has 6 heteroatoms. The number of hydrogen-bond acceptors (Lipinski definition) is 5. The Hall–Kier alpha value is -2.89. The van der Waals surface area contributed by atoms with Gasteiger partial charge in [-0.15, -0.1) is 0 Å². The van der Waals surface area contributed by atoms with E-state index in [9.17, 15) is 4.79 Å². The molecule has 6 nitrogen and oxygen atoms in total. The topological polar surface area (TPSA) is 60.0 Å². The van der Waals surface area contributed by atoms with Crippen molar-refractivity contribution in [3.63, 3.8) is 0 Å². The van der Waals surface area contributed by atoms with Crippen molar-refractivity contribution in [1.29, 1.82) is 0 Å². The van der Waals surface area contributed by atoms with E-state index in [0.29, 0.717) is 17.2 Å². The van der Waals surface area contributed by atoms with Crippen molar-refractivity contribution in [2.45, 2.75) is 19.3 Å².